The molecule has 3 aromatic rings. The summed E-state index contributed by atoms with van der Waals surface area (Å²) >= 11 is 0. The van der Waals surface area contributed by atoms with Crippen LogP contribution in [-0.2, 0) is 9.59 Å². The SMILES string of the molecule is CCCCCCC(=O)NCC(=O)Nc1cc(-c2ccccc2)nn1-c1ccc(C)cc1C. The third-order valence-electron chi connectivity index (χ3n) is 5.33. The summed E-state index contributed by atoms with van der Waals surface area (Å²) in [5.74, 6) is 0.194. The Morgan fingerprint density at radius 1 is 0.938 bits per heavy atom. The number of aromatic nitrogens is 2. The van der Waals surface area contributed by atoms with Crippen molar-refractivity contribution in [3.05, 3.63) is 65.7 Å². The lowest BCUT2D eigenvalue weighted by molar-refractivity contribution is -0.124. The molecule has 1 aromatic heterocycles. The first-order valence-electron chi connectivity index (χ1n) is 11.3. The van der Waals surface area contributed by atoms with Crippen molar-refractivity contribution in [3.63, 3.8) is 0 Å². The summed E-state index contributed by atoms with van der Waals surface area (Å²) in [6.07, 6.45) is 4.59. The van der Waals surface area contributed by atoms with Crippen molar-refractivity contribution < 1.29 is 9.59 Å². The van der Waals surface area contributed by atoms with Crippen LogP contribution in [0.2, 0.25) is 0 Å². The minimum atomic E-state index is -0.280. The highest BCUT2D eigenvalue weighted by Crippen LogP contribution is 2.26. The highest BCUT2D eigenvalue weighted by molar-refractivity contribution is 5.94. The van der Waals surface area contributed by atoms with Crippen LogP contribution >= 0.6 is 0 Å². The molecule has 2 N–H and O–H groups in total. The Balaban J connectivity index is 1.75. The van der Waals surface area contributed by atoms with E-state index in [0.29, 0.717) is 12.2 Å². The van der Waals surface area contributed by atoms with E-state index in [1.54, 1.807) is 4.68 Å². The van der Waals surface area contributed by atoms with E-state index in [1.807, 2.05) is 62.4 Å². The Morgan fingerprint density at radius 3 is 2.44 bits per heavy atom. The number of nitrogens with one attached hydrogen (secondary N) is 2. The quantitative estimate of drug-likeness (QED) is 0.433. The van der Waals surface area contributed by atoms with Crippen LogP contribution in [-0.4, -0.2) is 28.1 Å². The number of carbonyl (C=O) groups excluding carboxylic acids is 2. The maximum absolute atomic E-state index is 12.6. The lowest BCUT2D eigenvalue weighted by atomic mass is 10.1. The Kier molecular flexibility index (Phi) is 8.20. The first-order chi connectivity index (χ1) is 15.5. The molecule has 0 unspecified atom stereocenters. The molecule has 2 amide bonds. The molecule has 168 valence electrons. The summed E-state index contributed by atoms with van der Waals surface area (Å²) in [6.45, 7) is 6.14. The predicted octanol–water partition coefficient (Wildman–Crippen LogP) is 5.18. The van der Waals surface area contributed by atoms with E-state index in [2.05, 4.69) is 23.6 Å². The Bertz CT molecular complexity index is 1060. The van der Waals surface area contributed by atoms with Crippen molar-refractivity contribution in [1.29, 1.82) is 0 Å². The van der Waals surface area contributed by atoms with Gasteiger partial charge in [-0.1, -0.05) is 74.2 Å². The van der Waals surface area contributed by atoms with Gasteiger partial charge in [0.15, 0.2) is 0 Å². The number of nitrogens with zero attached hydrogens (tertiary/aromatic N) is 2. The molecular formula is C26H32N4O2. The number of hydrogen-bond acceptors (Lipinski definition) is 3. The van der Waals surface area contributed by atoms with Gasteiger partial charge in [-0.2, -0.15) is 5.10 Å². The van der Waals surface area contributed by atoms with Gasteiger partial charge in [0.25, 0.3) is 0 Å². The minimum Gasteiger partial charge on any atom is -0.347 e. The van der Waals surface area contributed by atoms with Crippen LogP contribution in [0.3, 0.4) is 0 Å². The molecule has 2 aromatic carbocycles. The number of carbonyl (C=O) groups is 2. The fraction of sp³-hybridized carbons (Fsp3) is 0.346. The van der Waals surface area contributed by atoms with Crippen molar-refractivity contribution in [2.75, 3.05) is 11.9 Å². The normalized spacial score (nSPS) is 10.7. The van der Waals surface area contributed by atoms with Gasteiger partial charge in [-0.15, -0.1) is 0 Å². The number of benzene rings is 2. The summed E-state index contributed by atoms with van der Waals surface area (Å²) in [7, 11) is 0. The zero-order valence-electron chi connectivity index (χ0n) is 19.1. The lowest BCUT2D eigenvalue weighted by Gasteiger charge is -2.12. The molecule has 0 bridgehead atoms. The zero-order chi connectivity index (χ0) is 22.9. The lowest BCUT2D eigenvalue weighted by Crippen LogP contribution is -2.33. The number of aryl methyl sites for hydroxylation is 2. The topological polar surface area (TPSA) is 76.0 Å². The summed E-state index contributed by atoms with van der Waals surface area (Å²) in [6, 6.07) is 17.8. The largest absolute Gasteiger partial charge is 0.347 e. The van der Waals surface area contributed by atoms with Gasteiger partial charge in [0.2, 0.25) is 11.8 Å². The van der Waals surface area contributed by atoms with E-state index in [0.717, 1.165) is 53.8 Å². The third kappa shape index (κ3) is 6.30. The van der Waals surface area contributed by atoms with E-state index in [1.165, 1.54) is 0 Å². The first-order valence-corrected chi connectivity index (χ1v) is 11.3. The standard InChI is InChI=1S/C26H32N4O2/c1-4-5-6-10-13-25(31)27-18-26(32)28-24-17-22(21-11-8-7-9-12-21)29-30(24)23-15-14-19(2)16-20(23)3/h7-9,11-12,14-17H,4-6,10,13,18H2,1-3H3,(H,27,31)(H,28,32). The van der Waals surface area contributed by atoms with Gasteiger partial charge in [-0.25, -0.2) is 4.68 Å². The second-order valence-corrected chi connectivity index (χ2v) is 8.12. The molecule has 0 aliphatic rings. The third-order valence-corrected chi connectivity index (χ3v) is 5.33. The van der Waals surface area contributed by atoms with E-state index in [9.17, 15) is 9.59 Å². The van der Waals surface area contributed by atoms with Crippen LogP contribution in [0.25, 0.3) is 16.9 Å². The van der Waals surface area contributed by atoms with Crippen LogP contribution in [0.4, 0.5) is 5.82 Å². The number of hydrogen-bond donors (Lipinski definition) is 2. The van der Waals surface area contributed by atoms with Crippen LogP contribution in [0.5, 0.6) is 0 Å². The number of rotatable bonds is 10. The molecule has 0 saturated heterocycles. The molecule has 1 heterocycles. The van der Waals surface area contributed by atoms with Crippen LogP contribution in [0, 0.1) is 13.8 Å². The summed E-state index contributed by atoms with van der Waals surface area (Å²) in [4.78, 5) is 24.6. The average molecular weight is 433 g/mol. The second kappa shape index (κ2) is 11.3. The zero-order valence-corrected chi connectivity index (χ0v) is 19.1. The van der Waals surface area contributed by atoms with E-state index < -0.39 is 0 Å². The minimum absolute atomic E-state index is 0.0641. The molecule has 6 nitrogen and oxygen atoms in total. The molecule has 0 radical (unpaired) electrons. The van der Waals surface area contributed by atoms with Gasteiger partial charge in [-0.3, -0.25) is 9.59 Å². The fourth-order valence-electron chi connectivity index (χ4n) is 3.61. The van der Waals surface area contributed by atoms with E-state index in [-0.39, 0.29) is 18.4 Å². The van der Waals surface area contributed by atoms with Crippen molar-refractivity contribution in [1.82, 2.24) is 15.1 Å². The number of unbranched alkanes of at least 4 members (excludes halogenated alkanes) is 3. The number of anilines is 1. The first kappa shape index (κ1) is 23.3. The molecule has 0 aliphatic carbocycles. The molecule has 3 rings (SSSR count). The summed E-state index contributed by atoms with van der Waals surface area (Å²) < 4.78 is 1.75. The van der Waals surface area contributed by atoms with Crippen molar-refractivity contribution in [2.45, 2.75) is 52.9 Å². The highest BCUT2D eigenvalue weighted by atomic mass is 16.2. The van der Waals surface area contributed by atoms with Crippen molar-refractivity contribution in [3.8, 4) is 16.9 Å². The molecule has 6 heteroatoms. The predicted molar refractivity (Wildman–Crippen MR) is 129 cm³/mol. The van der Waals surface area contributed by atoms with Crippen molar-refractivity contribution >= 4 is 17.6 Å². The molecule has 0 fully saturated rings. The summed E-state index contributed by atoms with van der Waals surface area (Å²) in [5, 5.41) is 10.4. The van der Waals surface area contributed by atoms with Crippen LogP contribution in [0.15, 0.2) is 54.6 Å². The van der Waals surface area contributed by atoms with Gasteiger partial charge < -0.3 is 10.6 Å². The van der Waals surface area contributed by atoms with E-state index in [4.69, 9.17) is 5.10 Å². The van der Waals surface area contributed by atoms with Gasteiger partial charge >= 0.3 is 0 Å². The second-order valence-electron chi connectivity index (χ2n) is 8.12. The monoisotopic (exact) mass is 432 g/mol. The van der Waals surface area contributed by atoms with Gasteiger partial charge in [0.1, 0.15) is 5.82 Å². The van der Waals surface area contributed by atoms with Gasteiger partial charge in [0, 0.05) is 18.1 Å². The highest BCUT2D eigenvalue weighted by Gasteiger charge is 2.15. The molecule has 0 saturated carbocycles. The van der Waals surface area contributed by atoms with Gasteiger partial charge in [0.05, 0.1) is 17.9 Å². The van der Waals surface area contributed by atoms with Crippen LogP contribution in [0.1, 0.15) is 50.2 Å². The Hall–Kier alpha value is -3.41. The van der Waals surface area contributed by atoms with Gasteiger partial charge in [-0.05, 0) is 31.9 Å². The maximum atomic E-state index is 12.6. The van der Waals surface area contributed by atoms with Crippen LogP contribution < -0.4 is 10.6 Å². The smallest absolute Gasteiger partial charge is 0.244 e. The fourth-order valence-corrected chi connectivity index (χ4v) is 3.61. The maximum Gasteiger partial charge on any atom is 0.244 e. The Labute approximate surface area is 190 Å². The summed E-state index contributed by atoms with van der Waals surface area (Å²) in [5.41, 5.74) is 4.85. The molecular weight excluding hydrogens is 400 g/mol. The molecule has 0 spiro atoms. The molecule has 0 atom stereocenters. The Morgan fingerprint density at radius 2 is 1.72 bits per heavy atom. The number of amides is 2. The van der Waals surface area contributed by atoms with Crippen molar-refractivity contribution in [2.24, 2.45) is 0 Å². The average Bonchev–Trinajstić information content (AvgIpc) is 3.19. The molecule has 32 heavy (non-hydrogen) atoms. The molecule has 0 aliphatic heterocycles. The van der Waals surface area contributed by atoms with E-state index >= 15 is 0 Å².